The fraction of sp³-hybridized carbons (Fsp3) is 0.214. The predicted octanol–water partition coefficient (Wildman–Crippen LogP) is 2.35. The summed E-state index contributed by atoms with van der Waals surface area (Å²) in [7, 11) is 0. The number of halogens is 3. The van der Waals surface area contributed by atoms with Gasteiger partial charge in [0.15, 0.2) is 0 Å². The molecule has 22 heavy (non-hydrogen) atoms. The van der Waals surface area contributed by atoms with Gasteiger partial charge in [-0.05, 0) is 36.2 Å². The second kappa shape index (κ2) is 6.88. The first kappa shape index (κ1) is 15.7. The standard InChI is InChI=1S/C14H12F3N3O2/c15-14(16,17)22-12-3-1-11(2-4-12)13(21)20-6-5-10-7-18-9-19-8-10/h1-4,7-9H,5-6H2,(H,20,21). The van der Waals surface area contributed by atoms with Gasteiger partial charge in [0.2, 0.25) is 0 Å². The van der Waals surface area contributed by atoms with Crippen molar-refractivity contribution in [1.29, 1.82) is 0 Å². The Balaban J connectivity index is 1.85. The highest BCUT2D eigenvalue weighted by atomic mass is 19.4. The topological polar surface area (TPSA) is 64.1 Å². The van der Waals surface area contributed by atoms with Crippen LogP contribution in [0.5, 0.6) is 5.75 Å². The number of hydrogen-bond donors (Lipinski definition) is 1. The molecule has 0 saturated carbocycles. The van der Waals surface area contributed by atoms with Crippen LogP contribution >= 0.6 is 0 Å². The lowest BCUT2D eigenvalue weighted by Gasteiger charge is -2.09. The van der Waals surface area contributed by atoms with Gasteiger partial charge in [-0.1, -0.05) is 0 Å². The summed E-state index contributed by atoms with van der Waals surface area (Å²) in [4.78, 5) is 19.5. The Morgan fingerprint density at radius 1 is 1.14 bits per heavy atom. The maximum Gasteiger partial charge on any atom is 0.573 e. The van der Waals surface area contributed by atoms with Gasteiger partial charge in [-0.2, -0.15) is 0 Å². The molecule has 8 heteroatoms. The van der Waals surface area contributed by atoms with Crippen LogP contribution in [0.25, 0.3) is 0 Å². The van der Waals surface area contributed by atoms with Crippen LogP contribution in [-0.4, -0.2) is 28.8 Å². The number of alkyl halides is 3. The third-order valence-corrected chi connectivity index (χ3v) is 2.66. The molecule has 0 saturated heterocycles. The van der Waals surface area contributed by atoms with Crippen molar-refractivity contribution in [2.45, 2.75) is 12.8 Å². The van der Waals surface area contributed by atoms with Crippen molar-refractivity contribution in [3.8, 4) is 5.75 Å². The molecule has 0 bridgehead atoms. The van der Waals surface area contributed by atoms with E-state index < -0.39 is 6.36 Å². The highest BCUT2D eigenvalue weighted by Gasteiger charge is 2.31. The number of benzene rings is 1. The Morgan fingerprint density at radius 3 is 2.36 bits per heavy atom. The molecule has 5 nitrogen and oxygen atoms in total. The third kappa shape index (κ3) is 5.04. The SMILES string of the molecule is O=C(NCCc1cncnc1)c1ccc(OC(F)(F)F)cc1. The number of nitrogens with one attached hydrogen (secondary N) is 1. The van der Waals surface area contributed by atoms with E-state index in [4.69, 9.17) is 0 Å². The van der Waals surface area contributed by atoms with E-state index in [1.165, 1.54) is 18.5 Å². The van der Waals surface area contributed by atoms with Crippen molar-refractivity contribution in [1.82, 2.24) is 15.3 Å². The largest absolute Gasteiger partial charge is 0.573 e. The molecule has 0 spiro atoms. The molecule has 1 aromatic carbocycles. The third-order valence-electron chi connectivity index (χ3n) is 2.66. The number of nitrogens with zero attached hydrogens (tertiary/aromatic N) is 2. The van der Waals surface area contributed by atoms with Crippen LogP contribution in [0.4, 0.5) is 13.2 Å². The van der Waals surface area contributed by atoms with Crippen LogP contribution in [0.15, 0.2) is 43.0 Å². The van der Waals surface area contributed by atoms with Gasteiger partial charge in [-0.25, -0.2) is 9.97 Å². The molecule has 0 fully saturated rings. The Bertz CT molecular complexity index is 615. The minimum atomic E-state index is -4.75. The van der Waals surface area contributed by atoms with Gasteiger partial charge in [-0.15, -0.1) is 13.2 Å². The summed E-state index contributed by atoms with van der Waals surface area (Å²) >= 11 is 0. The van der Waals surface area contributed by atoms with Gasteiger partial charge in [0.1, 0.15) is 12.1 Å². The van der Waals surface area contributed by atoms with E-state index in [2.05, 4.69) is 20.0 Å². The van der Waals surface area contributed by atoms with Gasteiger partial charge < -0.3 is 10.1 Å². The quantitative estimate of drug-likeness (QED) is 0.920. The molecule has 0 aliphatic carbocycles. The lowest BCUT2D eigenvalue weighted by atomic mass is 10.2. The summed E-state index contributed by atoms with van der Waals surface area (Å²) < 4.78 is 39.8. The summed E-state index contributed by atoms with van der Waals surface area (Å²) in [5.41, 5.74) is 1.12. The molecule has 116 valence electrons. The molecule has 1 aromatic heterocycles. The molecule has 0 unspecified atom stereocenters. The monoisotopic (exact) mass is 311 g/mol. The van der Waals surface area contributed by atoms with Gasteiger partial charge in [0, 0.05) is 24.5 Å². The first-order valence-corrected chi connectivity index (χ1v) is 6.32. The Hall–Kier alpha value is -2.64. The summed E-state index contributed by atoms with van der Waals surface area (Å²) in [6.07, 6.45) is 0.501. The second-order valence-corrected chi connectivity index (χ2v) is 4.32. The first-order chi connectivity index (χ1) is 10.4. The van der Waals surface area contributed by atoms with Crippen molar-refractivity contribution < 1.29 is 22.7 Å². The molecular weight excluding hydrogens is 299 g/mol. The average Bonchev–Trinajstić information content (AvgIpc) is 2.47. The number of hydrogen-bond acceptors (Lipinski definition) is 4. The van der Waals surface area contributed by atoms with Crippen molar-refractivity contribution in [3.63, 3.8) is 0 Å². The lowest BCUT2D eigenvalue weighted by molar-refractivity contribution is -0.274. The fourth-order valence-electron chi connectivity index (χ4n) is 1.69. The molecular formula is C14H12F3N3O2. The molecule has 2 rings (SSSR count). The van der Waals surface area contributed by atoms with Crippen molar-refractivity contribution in [3.05, 3.63) is 54.1 Å². The van der Waals surface area contributed by atoms with Gasteiger partial charge in [-0.3, -0.25) is 4.79 Å². The van der Waals surface area contributed by atoms with E-state index in [1.54, 1.807) is 12.4 Å². The second-order valence-electron chi connectivity index (χ2n) is 4.32. The highest BCUT2D eigenvalue weighted by Crippen LogP contribution is 2.22. The molecule has 1 heterocycles. The lowest BCUT2D eigenvalue weighted by Crippen LogP contribution is -2.25. The molecule has 0 aliphatic rings. The van der Waals surface area contributed by atoms with Gasteiger partial charge in [0.25, 0.3) is 5.91 Å². The molecule has 0 atom stereocenters. The van der Waals surface area contributed by atoms with E-state index in [1.807, 2.05) is 0 Å². The number of carbonyl (C=O) groups is 1. The van der Waals surface area contributed by atoms with Gasteiger partial charge in [0.05, 0.1) is 0 Å². The molecule has 1 amide bonds. The highest BCUT2D eigenvalue weighted by molar-refractivity contribution is 5.94. The van der Waals surface area contributed by atoms with Crippen molar-refractivity contribution >= 4 is 5.91 Å². The first-order valence-electron chi connectivity index (χ1n) is 6.32. The minimum Gasteiger partial charge on any atom is -0.406 e. The van der Waals surface area contributed by atoms with E-state index in [9.17, 15) is 18.0 Å². The molecule has 2 aromatic rings. The molecule has 1 N–H and O–H groups in total. The number of rotatable bonds is 5. The zero-order valence-corrected chi connectivity index (χ0v) is 11.3. The van der Waals surface area contributed by atoms with Crippen LogP contribution in [0.2, 0.25) is 0 Å². The summed E-state index contributed by atoms with van der Waals surface area (Å²) in [5, 5.41) is 2.66. The predicted molar refractivity (Wildman–Crippen MR) is 71.2 cm³/mol. The van der Waals surface area contributed by atoms with Crippen molar-refractivity contribution in [2.24, 2.45) is 0 Å². The van der Waals surface area contributed by atoms with E-state index in [-0.39, 0.29) is 17.2 Å². The Morgan fingerprint density at radius 2 is 1.77 bits per heavy atom. The maximum absolute atomic E-state index is 12.0. The van der Waals surface area contributed by atoms with E-state index >= 15 is 0 Å². The van der Waals surface area contributed by atoms with Crippen LogP contribution < -0.4 is 10.1 Å². The summed E-state index contributed by atoms with van der Waals surface area (Å²) in [6, 6.07) is 4.71. The smallest absolute Gasteiger partial charge is 0.406 e. The Kier molecular flexibility index (Phi) is 4.92. The summed E-state index contributed by atoms with van der Waals surface area (Å²) in [6.45, 7) is 0.368. The number of amides is 1. The van der Waals surface area contributed by atoms with Crippen LogP contribution in [0.1, 0.15) is 15.9 Å². The van der Waals surface area contributed by atoms with Crippen LogP contribution in [0, 0.1) is 0 Å². The zero-order valence-electron chi connectivity index (χ0n) is 11.3. The fourth-order valence-corrected chi connectivity index (χ4v) is 1.69. The van der Waals surface area contributed by atoms with Gasteiger partial charge >= 0.3 is 6.36 Å². The number of ether oxygens (including phenoxy) is 1. The zero-order chi connectivity index (χ0) is 16.0. The van der Waals surface area contributed by atoms with Crippen molar-refractivity contribution in [2.75, 3.05) is 6.54 Å². The van der Waals surface area contributed by atoms with E-state index in [0.29, 0.717) is 13.0 Å². The normalized spacial score (nSPS) is 11.0. The Labute approximate surface area is 124 Å². The van der Waals surface area contributed by atoms with E-state index in [0.717, 1.165) is 17.7 Å². The molecule has 0 radical (unpaired) electrons. The maximum atomic E-state index is 12.0. The molecule has 0 aliphatic heterocycles. The number of aromatic nitrogens is 2. The van der Waals surface area contributed by atoms with Crippen LogP contribution in [-0.2, 0) is 6.42 Å². The number of carbonyl (C=O) groups excluding carboxylic acids is 1. The minimum absolute atomic E-state index is 0.249. The average molecular weight is 311 g/mol. The summed E-state index contributed by atoms with van der Waals surface area (Å²) in [5.74, 6) is -0.749. The van der Waals surface area contributed by atoms with Crippen LogP contribution in [0.3, 0.4) is 0 Å².